The van der Waals surface area contributed by atoms with Gasteiger partial charge in [-0.15, -0.1) is 0 Å². The maximum absolute atomic E-state index is 10.6. The standard InChI is InChI=1S/C12H15NO4S/c13-9(12(14)15)7-18-6-8-5-16-10-3-1-2-4-11(10)17-8/h1-4,8-9H,5-7,13H2,(H,14,15)/t8?,9-/m1/s1. The number of thioether (sulfide) groups is 1. The van der Waals surface area contributed by atoms with Crippen LogP contribution >= 0.6 is 11.8 Å². The van der Waals surface area contributed by atoms with Gasteiger partial charge in [-0.2, -0.15) is 11.8 Å². The van der Waals surface area contributed by atoms with Gasteiger partial charge in [-0.1, -0.05) is 12.1 Å². The van der Waals surface area contributed by atoms with Crippen molar-refractivity contribution in [2.75, 3.05) is 18.1 Å². The molecule has 3 N–H and O–H groups in total. The van der Waals surface area contributed by atoms with E-state index in [-0.39, 0.29) is 6.10 Å². The Hall–Kier alpha value is -1.40. The number of hydrogen-bond acceptors (Lipinski definition) is 5. The van der Waals surface area contributed by atoms with Crippen molar-refractivity contribution in [1.29, 1.82) is 0 Å². The lowest BCUT2D eigenvalue weighted by molar-refractivity contribution is -0.137. The molecule has 0 radical (unpaired) electrons. The number of carboxylic acids is 1. The monoisotopic (exact) mass is 269 g/mol. The van der Waals surface area contributed by atoms with Gasteiger partial charge in [0.2, 0.25) is 0 Å². The molecule has 0 fully saturated rings. The fourth-order valence-corrected chi connectivity index (χ4v) is 2.50. The normalized spacial score (nSPS) is 19.3. The van der Waals surface area contributed by atoms with Crippen molar-refractivity contribution in [3.63, 3.8) is 0 Å². The molecule has 0 aliphatic carbocycles. The number of aliphatic carboxylic acids is 1. The van der Waals surface area contributed by atoms with E-state index in [4.69, 9.17) is 20.3 Å². The number of para-hydroxylation sites is 2. The molecule has 0 bridgehead atoms. The molecule has 1 aromatic carbocycles. The maximum Gasteiger partial charge on any atom is 0.321 e. The SMILES string of the molecule is N[C@H](CSCC1COc2ccccc2O1)C(=O)O. The van der Waals surface area contributed by atoms with Gasteiger partial charge in [-0.25, -0.2) is 0 Å². The van der Waals surface area contributed by atoms with Crippen LogP contribution in [0.15, 0.2) is 24.3 Å². The van der Waals surface area contributed by atoms with E-state index >= 15 is 0 Å². The second-order valence-electron chi connectivity index (χ2n) is 3.98. The molecule has 0 saturated heterocycles. The van der Waals surface area contributed by atoms with Crippen LogP contribution in [0.3, 0.4) is 0 Å². The molecule has 1 aromatic rings. The topological polar surface area (TPSA) is 81.8 Å². The molecule has 6 heteroatoms. The molecule has 0 saturated carbocycles. The molecule has 5 nitrogen and oxygen atoms in total. The molecule has 1 heterocycles. The van der Waals surface area contributed by atoms with Gasteiger partial charge in [-0.3, -0.25) is 4.79 Å². The van der Waals surface area contributed by atoms with Crippen LogP contribution in [0.2, 0.25) is 0 Å². The summed E-state index contributed by atoms with van der Waals surface area (Å²) in [5.74, 6) is 1.54. The summed E-state index contributed by atoms with van der Waals surface area (Å²) in [6.07, 6.45) is -0.0640. The molecular formula is C12H15NO4S. The van der Waals surface area contributed by atoms with E-state index in [1.54, 1.807) is 0 Å². The molecule has 1 aliphatic rings. The quantitative estimate of drug-likeness (QED) is 0.829. The third-order valence-corrected chi connectivity index (χ3v) is 3.69. The van der Waals surface area contributed by atoms with E-state index in [0.29, 0.717) is 18.1 Å². The van der Waals surface area contributed by atoms with Crippen molar-refractivity contribution in [3.8, 4) is 11.5 Å². The summed E-state index contributed by atoms with van der Waals surface area (Å²) in [7, 11) is 0. The van der Waals surface area contributed by atoms with E-state index in [0.717, 1.165) is 11.5 Å². The predicted octanol–water partition coefficient (Wildman–Crippen LogP) is 0.971. The van der Waals surface area contributed by atoms with Crippen molar-refractivity contribution < 1.29 is 19.4 Å². The molecule has 0 aromatic heterocycles. The van der Waals surface area contributed by atoms with Gasteiger partial charge in [0.25, 0.3) is 0 Å². The Balaban J connectivity index is 1.78. The van der Waals surface area contributed by atoms with E-state index in [9.17, 15) is 4.79 Å². The summed E-state index contributed by atoms with van der Waals surface area (Å²) in [5.41, 5.74) is 5.42. The number of ether oxygens (including phenoxy) is 2. The minimum atomic E-state index is -0.978. The number of carboxylic acid groups (broad SMARTS) is 1. The van der Waals surface area contributed by atoms with Crippen LogP contribution in [-0.4, -0.2) is 41.3 Å². The van der Waals surface area contributed by atoms with Gasteiger partial charge in [0.1, 0.15) is 18.8 Å². The summed E-state index contributed by atoms with van der Waals surface area (Å²) in [5, 5.41) is 8.65. The maximum atomic E-state index is 10.6. The van der Waals surface area contributed by atoms with Crippen molar-refractivity contribution in [3.05, 3.63) is 24.3 Å². The minimum absolute atomic E-state index is 0.0640. The molecular weight excluding hydrogens is 254 g/mol. The van der Waals surface area contributed by atoms with Gasteiger partial charge >= 0.3 is 5.97 Å². The fourth-order valence-electron chi connectivity index (χ4n) is 1.54. The van der Waals surface area contributed by atoms with E-state index in [2.05, 4.69) is 0 Å². The molecule has 0 spiro atoms. The first-order chi connectivity index (χ1) is 8.66. The highest BCUT2D eigenvalue weighted by atomic mass is 32.2. The summed E-state index contributed by atoms with van der Waals surface area (Å²) in [6.45, 7) is 0.478. The summed E-state index contributed by atoms with van der Waals surface area (Å²) in [6, 6.07) is 6.67. The van der Waals surface area contributed by atoms with Crippen LogP contribution in [0.5, 0.6) is 11.5 Å². The number of hydrogen-bond donors (Lipinski definition) is 2. The van der Waals surface area contributed by atoms with Crippen molar-refractivity contribution >= 4 is 17.7 Å². The number of rotatable bonds is 5. The fraction of sp³-hybridized carbons (Fsp3) is 0.417. The second-order valence-corrected chi connectivity index (χ2v) is 5.05. The zero-order valence-electron chi connectivity index (χ0n) is 9.74. The Morgan fingerprint density at radius 2 is 2.22 bits per heavy atom. The van der Waals surface area contributed by atoms with Gasteiger partial charge in [-0.05, 0) is 12.1 Å². The first-order valence-corrected chi connectivity index (χ1v) is 6.77. The molecule has 1 aliphatic heterocycles. The van der Waals surface area contributed by atoms with Crippen LogP contribution in [0.1, 0.15) is 0 Å². The van der Waals surface area contributed by atoms with Crippen LogP contribution in [0, 0.1) is 0 Å². The third kappa shape index (κ3) is 3.30. The Bertz CT molecular complexity index is 426. The van der Waals surface area contributed by atoms with Crippen molar-refractivity contribution in [1.82, 2.24) is 0 Å². The predicted molar refractivity (Wildman–Crippen MR) is 69.3 cm³/mol. The van der Waals surface area contributed by atoms with Gasteiger partial charge in [0.15, 0.2) is 11.5 Å². The summed E-state index contributed by atoms with van der Waals surface area (Å²) >= 11 is 1.46. The average Bonchev–Trinajstić information content (AvgIpc) is 2.38. The number of benzene rings is 1. The zero-order chi connectivity index (χ0) is 13.0. The second kappa shape index (κ2) is 5.97. The van der Waals surface area contributed by atoms with Crippen molar-refractivity contribution in [2.45, 2.75) is 12.1 Å². The Kier molecular flexibility index (Phi) is 4.33. The number of carbonyl (C=O) groups is 1. The first kappa shape index (κ1) is 13.0. The molecule has 18 heavy (non-hydrogen) atoms. The average molecular weight is 269 g/mol. The number of nitrogens with two attached hydrogens (primary N) is 1. The van der Waals surface area contributed by atoms with E-state index in [1.165, 1.54) is 11.8 Å². The molecule has 0 amide bonds. The van der Waals surface area contributed by atoms with E-state index < -0.39 is 12.0 Å². The molecule has 2 atom stereocenters. The Labute approximate surface area is 109 Å². The lowest BCUT2D eigenvalue weighted by Crippen LogP contribution is -2.35. The highest BCUT2D eigenvalue weighted by molar-refractivity contribution is 7.99. The Morgan fingerprint density at radius 3 is 2.94 bits per heavy atom. The first-order valence-electron chi connectivity index (χ1n) is 5.61. The zero-order valence-corrected chi connectivity index (χ0v) is 10.6. The van der Waals surface area contributed by atoms with E-state index in [1.807, 2.05) is 24.3 Å². The summed E-state index contributed by atoms with van der Waals surface area (Å²) < 4.78 is 11.3. The van der Waals surface area contributed by atoms with Crippen LogP contribution in [0.25, 0.3) is 0 Å². The highest BCUT2D eigenvalue weighted by Crippen LogP contribution is 2.31. The minimum Gasteiger partial charge on any atom is -0.486 e. The van der Waals surface area contributed by atoms with Gasteiger partial charge in [0, 0.05) is 11.5 Å². The largest absolute Gasteiger partial charge is 0.486 e. The van der Waals surface area contributed by atoms with Crippen molar-refractivity contribution in [2.24, 2.45) is 5.73 Å². The number of fused-ring (bicyclic) bond motifs is 1. The lowest BCUT2D eigenvalue weighted by Gasteiger charge is -2.26. The van der Waals surface area contributed by atoms with Crippen LogP contribution in [-0.2, 0) is 4.79 Å². The van der Waals surface area contributed by atoms with Crippen LogP contribution in [0.4, 0.5) is 0 Å². The summed E-state index contributed by atoms with van der Waals surface area (Å²) in [4.78, 5) is 10.6. The molecule has 98 valence electrons. The Morgan fingerprint density at radius 1 is 1.50 bits per heavy atom. The lowest BCUT2D eigenvalue weighted by atomic mass is 10.3. The molecule has 1 unspecified atom stereocenters. The molecule has 2 rings (SSSR count). The van der Waals surface area contributed by atoms with Crippen LogP contribution < -0.4 is 15.2 Å². The van der Waals surface area contributed by atoms with Gasteiger partial charge < -0.3 is 20.3 Å². The smallest absolute Gasteiger partial charge is 0.321 e. The third-order valence-electron chi connectivity index (χ3n) is 2.49. The van der Waals surface area contributed by atoms with Gasteiger partial charge in [0.05, 0.1) is 0 Å². The highest BCUT2D eigenvalue weighted by Gasteiger charge is 2.21.